The van der Waals surface area contributed by atoms with Gasteiger partial charge in [0.05, 0.1) is 0 Å². The average Bonchev–Trinajstić information content (AvgIpc) is 1.82. The summed E-state index contributed by atoms with van der Waals surface area (Å²) in [7, 11) is 0. The van der Waals surface area contributed by atoms with Gasteiger partial charge < -0.3 is 16.6 Å². The SMILES string of the molecule is CCNC=C(C)C(=O)O.N. The van der Waals surface area contributed by atoms with Crippen LogP contribution in [-0.4, -0.2) is 17.6 Å². The highest BCUT2D eigenvalue weighted by Crippen LogP contribution is 1.87. The van der Waals surface area contributed by atoms with Crippen LogP contribution in [0.3, 0.4) is 0 Å². The van der Waals surface area contributed by atoms with E-state index in [1.54, 1.807) is 6.92 Å². The van der Waals surface area contributed by atoms with E-state index in [-0.39, 0.29) is 6.15 Å². The third-order valence-electron chi connectivity index (χ3n) is 0.860. The van der Waals surface area contributed by atoms with Gasteiger partial charge in [0.2, 0.25) is 0 Å². The maximum absolute atomic E-state index is 10.1. The zero-order valence-corrected chi connectivity index (χ0v) is 6.35. The summed E-state index contributed by atoms with van der Waals surface area (Å²) in [5.74, 6) is -0.879. The third kappa shape index (κ3) is 5.11. The van der Waals surface area contributed by atoms with Gasteiger partial charge in [0, 0.05) is 18.3 Å². The van der Waals surface area contributed by atoms with Crippen molar-refractivity contribution in [3.8, 4) is 0 Å². The van der Waals surface area contributed by atoms with Crippen LogP contribution in [0.1, 0.15) is 13.8 Å². The van der Waals surface area contributed by atoms with Crippen LogP contribution < -0.4 is 11.5 Å². The lowest BCUT2D eigenvalue weighted by Gasteiger charge is -1.93. The molecule has 0 radical (unpaired) electrons. The van der Waals surface area contributed by atoms with E-state index >= 15 is 0 Å². The molecular formula is C6H14N2O2. The monoisotopic (exact) mass is 146 g/mol. The zero-order chi connectivity index (χ0) is 7.28. The molecule has 5 N–H and O–H groups in total. The molecule has 0 saturated heterocycles. The summed E-state index contributed by atoms with van der Waals surface area (Å²) >= 11 is 0. The van der Waals surface area contributed by atoms with Gasteiger partial charge in [-0.1, -0.05) is 0 Å². The fourth-order valence-corrected chi connectivity index (χ4v) is 0.317. The van der Waals surface area contributed by atoms with Gasteiger partial charge in [-0.2, -0.15) is 0 Å². The van der Waals surface area contributed by atoms with Gasteiger partial charge in [-0.25, -0.2) is 4.79 Å². The number of carboxylic acids is 1. The normalized spacial score (nSPS) is 10.0. The van der Waals surface area contributed by atoms with Crippen LogP contribution >= 0.6 is 0 Å². The van der Waals surface area contributed by atoms with Crippen molar-refractivity contribution in [2.24, 2.45) is 0 Å². The van der Waals surface area contributed by atoms with E-state index in [9.17, 15) is 4.79 Å². The number of hydrogen-bond donors (Lipinski definition) is 3. The second-order valence-electron chi connectivity index (χ2n) is 1.69. The molecule has 4 nitrogen and oxygen atoms in total. The maximum atomic E-state index is 10.1. The Morgan fingerprint density at radius 1 is 1.70 bits per heavy atom. The van der Waals surface area contributed by atoms with Crippen LogP contribution in [0.5, 0.6) is 0 Å². The van der Waals surface area contributed by atoms with Crippen molar-refractivity contribution in [3.05, 3.63) is 11.8 Å². The van der Waals surface area contributed by atoms with Crippen molar-refractivity contribution in [3.63, 3.8) is 0 Å². The number of aliphatic carboxylic acids is 1. The predicted octanol–water partition coefficient (Wildman–Crippen LogP) is 0.746. The van der Waals surface area contributed by atoms with Crippen molar-refractivity contribution in [1.29, 1.82) is 0 Å². The molecule has 0 heterocycles. The predicted molar refractivity (Wildman–Crippen MR) is 40.1 cm³/mol. The Labute approximate surface area is 60.5 Å². The molecule has 60 valence electrons. The molecule has 0 aliphatic heterocycles. The highest BCUT2D eigenvalue weighted by Gasteiger charge is 1.95. The first kappa shape index (κ1) is 11.7. The lowest BCUT2D eigenvalue weighted by molar-refractivity contribution is -0.132. The Morgan fingerprint density at radius 2 is 2.20 bits per heavy atom. The van der Waals surface area contributed by atoms with E-state index in [0.717, 1.165) is 6.54 Å². The molecule has 0 spiro atoms. The van der Waals surface area contributed by atoms with E-state index in [1.165, 1.54) is 6.20 Å². The van der Waals surface area contributed by atoms with Crippen LogP contribution in [0.4, 0.5) is 0 Å². The number of hydrogen-bond acceptors (Lipinski definition) is 3. The Kier molecular flexibility index (Phi) is 7.15. The molecule has 0 unspecified atom stereocenters. The highest BCUT2D eigenvalue weighted by atomic mass is 16.4. The molecular weight excluding hydrogens is 132 g/mol. The molecule has 10 heavy (non-hydrogen) atoms. The standard InChI is InChI=1S/C6H11NO2.H3N/c1-3-7-4-5(2)6(8)9;/h4,7H,3H2,1-2H3,(H,8,9);1H3. The molecule has 0 bridgehead atoms. The van der Waals surface area contributed by atoms with E-state index in [0.29, 0.717) is 5.57 Å². The number of rotatable bonds is 3. The fraction of sp³-hybridized carbons (Fsp3) is 0.500. The van der Waals surface area contributed by atoms with Crippen LogP contribution in [0.2, 0.25) is 0 Å². The van der Waals surface area contributed by atoms with Gasteiger partial charge in [-0.05, 0) is 13.8 Å². The Bertz CT molecular complexity index is 132. The van der Waals surface area contributed by atoms with Crippen molar-refractivity contribution in [1.82, 2.24) is 11.5 Å². The molecule has 0 aromatic carbocycles. The fourth-order valence-electron chi connectivity index (χ4n) is 0.317. The van der Waals surface area contributed by atoms with Gasteiger partial charge in [0.15, 0.2) is 0 Å². The first-order valence-corrected chi connectivity index (χ1v) is 2.82. The van der Waals surface area contributed by atoms with Crippen LogP contribution in [-0.2, 0) is 4.79 Å². The summed E-state index contributed by atoms with van der Waals surface area (Å²) in [4.78, 5) is 10.1. The minimum absolute atomic E-state index is 0. The minimum atomic E-state index is -0.879. The molecule has 0 aromatic heterocycles. The molecule has 4 heteroatoms. The molecule has 0 aliphatic carbocycles. The van der Waals surface area contributed by atoms with E-state index in [2.05, 4.69) is 5.32 Å². The second kappa shape index (κ2) is 6.10. The topological polar surface area (TPSA) is 84.3 Å². The Balaban J connectivity index is 0. The van der Waals surface area contributed by atoms with Gasteiger partial charge in [0.1, 0.15) is 0 Å². The lowest BCUT2D eigenvalue weighted by atomic mass is 10.3. The quantitative estimate of drug-likeness (QED) is 0.513. The van der Waals surface area contributed by atoms with Crippen molar-refractivity contribution >= 4 is 5.97 Å². The van der Waals surface area contributed by atoms with Gasteiger partial charge in [-0.3, -0.25) is 0 Å². The summed E-state index contributed by atoms with van der Waals surface area (Å²) in [5.41, 5.74) is 0.330. The molecule has 0 aliphatic rings. The molecule has 0 atom stereocenters. The summed E-state index contributed by atoms with van der Waals surface area (Å²) in [6.45, 7) is 4.21. The van der Waals surface area contributed by atoms with Crippen LogP contribution in [0.25, 0.3) is 0 Å². The lowest BCUT2D eigenvalue weighted by Crippen LogP contribution is -2.07. The van der Waals surface area contributed by atoms with Crippen molar-refractivity contribution in [2.45, 2.75) is 13.8 Å². The summed E-state index contributed by atoms with van der Waals surface area (Å²) in [6.07, 6.45) is 1.49. The summed E-state index contributed by atoms with van der Waals surface area (Å²) in [6, 6.07) is 0. The van der Waals surface area contributed by atoms with E-state index < -0.39 is 5.97 Å². The molecule has 0 fully saturated rings. The smallest absolute Gasteiger partial charge is 0.332 e. The molecule has 0 aromatic rings. The Morgan fingerprint density at radius 3 is 2.50 bits per heavy atom. The van der Waals surface area contributed by atoms with Gasteiger partial charge in [0.25, 0.3) is 0 Å². The zero-order valence-electron chi connectivity index (χ0n) is 6.35. The van der Waals surface area contributed by atoms with Crippen LogP contribution in [0, 0.1) is 0 Å². The maximum Gasteiger partial charge on any atom is 0.332 e. The highest BCUT2D eigenvalue weighted by molar-refractivity contribution is 5.85. The third-order valence-corrected chi connectivity index (χ3v) is 0.860. The first-order chi connectivity index (χ1) is 4.18. The molecule has 0 amide bonds. The van der Waals surface area contributed by atoms with E-state index in [4.69, 9.17) is 5.11 Å². The molecule has 0 rings (SSSR count). The largest absolute Gasteiger partial charge is 0.478 e. The van der Waals surface area contributed by atoms with Crippen LogP contribution in [0.15, 0.2) is 11.8 Å². The van der Waals surface area contributed by atoms with Crippen molar-refractivity contribution < 1.29 is 9.90 Å². The summed E-state index contributed by atoms with van der Waals surface area (Å²) in [5, 5.41) is 11.1. The minimum Gasteiger partial charge on any atom is -0.478 e. The number of carboxylic acid groups (broad SMARTS) is 1. The summed E-state index contributed by atoms with van der Waals surface area (Å²) < 4.78 is 0. The molecule has 0 saturated carbocycles. The van der Waals surface area contributed by atoms with Gasteiger partial charge >= 0.3 is 5.97 Å². The van der Waals surface area contributed by atoms with Gasteiger partial charge in [-0.15, -0.1) is 0 Å². The second-order valence-corrected chi connectivity index (χ2v) is 1.69. The first-order valence-electron chi connectivity index (χ1n) is 2.82. The number of carbonyl (C=O) groups is 1. The Hall–Kier alpha value is -1.03. The average molecular weight is 146 g/mol. The van der Waals surface area contributed by atoms with Crippen molar-refractivity contribution in [2.75, 3.05) is 6.54 Å². The van der Waals surface area contributed by atoms with E-state index in [1.807, 2.05) is 6.92 Å². The number of nitrogens with one attached hydrogen (secondary N) is 1.